The first-order chi connectivity index (χ1) is 9.58. The van der Waals surface area contributed by atoms with Crippen molar-refractivity contribution in [1.29, 1.82) is 0 Å². The first kappa shape index (κ1) is 17.3. The molecule has 0 aliphatic rings. The summed E-state index contributed by atoms with van der Waals surface area (Å²) in [7, 11) is 0. The van der Waals surface area contributed by atoms with Crippen molar-refractivity contribution in [3.05, 3.63) is 33.8 Å². The SMILES string of the molecule is CCN(CC)C(=O)CCNCCc1ccc(Cl)cc1Cl. The van der Waals surface area contributed by atoms with Gasteiger partial charge in [-0.3, -0.25) is 4.79 Å². The van der Waals surface area contributed by atoms with Crippen molar-refractivity contribution < 1.29 is 4.79 Å². The maximum Gasteiger partial charge on any atom is 0.223 e. The van der Waals surface area contributed by atoms with Crippen molar-refractivity contribution in [2.24, 2.45) is 0 Å². The monoisotopic (exact) mass is 316 g/mol. The predicted octanol–water partition coefficient (Wildman–Crippen LogP) is 3.38. The summed E-state index contributed by atoms with van der Waals surface area (Å²) in [6.07, 6.45) is 1.37. The van der Waals surface area contributed by atoms with Gasteiger partial charge in [0.05, 0.1) is 0 Å². The van der Waals surface area contributed by atoms with Crippen LogP contribution in [0, 0.1) is 0 Å². The van der Waals surface area contributed by atoms with Crippen molar-refractivity contribution in [2.75, 3.05) is 26.2 Å². The number of hydrogen-bond donors (Lipinski definition) is 1. The molecule has 3 nitrogen and oxygen atoms in total. The molecular weight excluding hydrogens is 295 g/mol. The summed E-state index contributed by atoms with van der Waals surface area (Å²) < 4.78 is 0. The number of amides is 1. The van der Waals surface area contributed by atoms with E-state index in [1.165, 1.54) is 0 Å². The lowest BCUT2D eigenvalue weighted by molar-refractivity contribution is -0.130. The molecule has 0 spiro atoms. The van der Waals surface area contributed by atoms with Gasteiger partial charge in [0.2, 0.25) is 5.91 Å². The molecule has 1 amide bonds. The molecule has 0 atom stereocenters. The third-order valence-electron chi connectivity index (χ3n) is 3.22. The second kappa shape index (κ2) is 9.22. The van der Waals surface area contributed by atoms with Crippen LogP contribution < -0.4 is 5.32 Å². The number of hydrogen-bond acceptors (Lipinski definition) is 2. The fourth-order valence-electron chi connectivity index (χ4n) is 2.00. The van der Waals surface area contributed by atoms with E-state index in [1.807, 2.05) is 30.9 Å². The molecule has 1 aromatic carbocycles. The first-order valence-corrected chi connectivity index (χ1v) is 7.76. The largest absolute Gasteiger partial charge is 0.343 e. The van der Waals surface area contributed by atoms with Crippen LogP contribution in [0.3, 0.4) is 0 Å². The van der Waals surface area contributed by atoms with Gasteiger partial charge < -0.3 is 10.2 Å². The van der Waals surface area contributed by atoms with Crippen LogP contribution in [-0.2, 0) is 11.2 Å². The number of halogens is 2. The van der Waals surface area contributed by atoms with Crippen LogP contribution in [0.5, 0.6) is 0 Å². The Balaban J connectivity index is 2.23. The van der Waals surface area contributed by atoms with Crippen LogP contribution in [0.2, 0.25) is 10.0 Å². The van der Waals surface area contributed by atoms with E-state index in [1.54, 1.807) is 6.07 Å². The number of carbonyl (C=O) groups is 1. The molecule has 0 radical (unpaired) electrons. The standard InChI is InChI=1S/C15H22Cl2N2O/c1-3-19(4-2)15(20)8-10-18-9-7-12-5-6-13(16)11-14(12)17/h5-6,11,18H,3-4,7-10H2,1-2H3. The van der Waals surface area contributed by atoms with Crippen LogP contribution in [-0.4, -0.2) is 37.0 Å². The van der Waals surface area contributed by atoms with E-state index >= 15 is 0 Å². The summed E-state index contributed by atoms with van der Waals surface area (Å²) >= 11 is 11.9. The van der Waals surface area contributed by atoms with E-state index in [-0.39, 0.29) is 5.91 Å². The minimum Gasteiger partial charge on any atom is -0.343 e. The van der Waals surface area contributed by atoms with Crippen molar-refractivity contribution >= 4 is 29.1 Å². The minimum atomic E-state index is 0.201. The number of benzene rings is 1. The summed E-state index contributed by atoms with van der Waals surface area (Å²) in [6, 6.07) is 5.53. The Morgan fingerprint density at radius 1 is 1.20 bits per heavy atom. The molecule has 0 aliphatic heterocycles. The van der Waals surface area contributed by atoms with E-state index in [2.05, 4.69) is 5.32 Å². The third-order valence-corrected chi connectivity index (χ3v) is 3.80. The predicted molar refractivity (Wildman–Crippen MR) is 85.6 cm³/mol. The molecule has 1 N–H and O–H groups in total. The molecule has 0 saturated heterocycles. The second-order valence-electron chi connectivity index (χ2n) is 4.55. The van der Waals surface area contributed by atoms with Gasteiger partial charge in [-0.2, -0.15) is 0 Å². The Labute approximate surface area is 131 Å². The maximum absolute atomic E-state index is 11.8. The molecule has 0 aromatic heterocycles. The van der Waals surface area contributed by atoms with Crippen LogP contribution >= 0.6 is 23.2 Å². The topological polar surface area (TPSA) is 32.3 Å². The van der Waals surface area contributed by atoms with E-state index < -0.39 is 0 Å². The van der Waals surface area contributed by atoms with Gasteiger partial charge in [-0.15, -0.1) is 0 Å². The summed E-state index contributed by atoms with van der Waals surface area (Å²) in [5.74, 6) is 0.201. The Morgan fingerprint density at radius 2 is 1.90 bits per heavy atom. The number of nitrogens with zero attached hydrogens (tertiary/aromatic N) is 1. The lowest BCUT2D eigenvalue weighted by Gasteiger charge is -2.18. The molecule has 112 valence electrons. The zero-order chi connectivity index (χ0) is 15.0. The molecular formula is C15H22Cl2N2O. The van der Waals surface area contributed by atoms with Gasteiger partial charge in [0.25, 0.3) is 0 Å². The Hall–Kier alpha value is -0.770. The number of carbonyl (C=O) groups excluding carboxylic acids is 1. The molecule has 0 unspecified atom stereocenters. The minimum absolute atomic E-state index is 0.201. The average molecular weight is 317 g/mol. The Bertz CT molecular complexity index is 434. The molecule has 0 bridgehead atoms. The quantitative estimate of drug-likeness (QED) is 0.746. The fourth-order valence-corrected chi connectivity index (χ4v) is 2.51. The van der Waals surface area contributed by atoms with Crippen molar-refractivity contribution in [2.45, 2.75) is 26.7 Å². The zero-order valence-electron chi connectivity index (χ0n) is 12.1. The van der Waals surface area contributed by atoms with Crippen molar-refractivity contribution in [1.82, 2.24) is 10.2 Å². The van der Waals surface area contributed by atoms with Gasteiger partial charge in [-0.05, 0) is 44.5 Å². The molecule has 5 heteroatoms. The van der Waals surface area contributed by atoms with Gasteiger partial charge in [0, 0.05) is 36.1 Å². The highest BCUT2D eigenvalue weighted by molar-refractivity contribution is 6.35. The van der Waals surface area contributed by atoms with Crippen molar-refractivity contribution in [3.8, 4) is 0 Å². The molecule has 0 heterocycles. The highest BCUT2D eigenvalue weighted by Gasteiger charge is 2.08. The van der Waals surface area contributed by atoms with Gasteiger partial charge in [0.1, 0.15) is 0 Å². The highest BCUT2D eigenvalue weighted by atomic mass is 35.5. The van der Waals surface area contributed by atoms with Gasteiger partial charge in [0.15, 0.2) is 0 Å². The highest BCUT2D eigenvalue weighted by Crippen LogP contribution is 2.20. The number of rotatable bonds is 8. The molecule has 0 fully saturated rings. The summed E-state index contributed by atoms with van der Waals surface area (Å²) in [6.45, 7) is 7.04. The Kier molecular flexibility index (Phi) is 7.97. The lowest BCUT2D eigenvalue weighted by Crippen LogP contribution is -2.33. The third kappa shape index (κ3) is 5.70. The van der Waals surface area contributed by atoms with Gasteiger partial charge >= 0.3 is 0 Å². The van der Waals surface area contributed by atoms with Crippen LogP contribution in [0.25, 0.3) is 0 Å². The molecule has 0 aliphatic carbocycles. The van der Waals surface area contributed by atoms with Crippen LogP contribution in [0.1, 0.15) is 25.8 Å². The lowest BCUT2D eigenvalue weighted by atomic mass is 10.1. The number of nitrogens with one attached hydrogen (secondary N) is 1. The summed E-state index contributed by atoms with van der Waals surface area (Å²) in [5.41, 5.74) is 1.07. The molecule has 20 heavy (non-hydrogen) atoms. The van der Waals surface area contributed by atoms with E-state index in [4.69, 9.17) is 23.2 Å². The smallest absolute Gasteiger partial charge is 0.223 e. The zero-order valence-corrected chi connectivity index (χ0v) is 13.6. The van der Waals surface area contributed by atoms with E-state index in [0.29, 0.717) is 23.0 Å². The molecule has 1 aromatic rings. The van der Waals surface area contributed by atoms with Crippen molar-refractivity contribution in [3.63, 3.8) is 0 Å². The fraction of sp³-hybridized carbons (Fsp3) is 0.533. The van der Waals surface area contributed by atoms with Crippen LogP contribution in [0.4, 0.5) is 0 Å². The normalized spacial score (nSPS) is 10.6. The summed E-state index contributed by atoms with van der Waals surface area (Å²) in [4.78, 5) is 13.6. The molecule has 0 saturated carbocycles. The summed E-state index contributed by atoms with van der Waals surface area (Å²) in [5, 5.41) is 4.61. The maximum atomic E-state index is 11.8. The van der Waals surface area contributed by atoms with E-state index in [0.717, 1.165) is 31.6 Å². The average Bonchev–Trinajstić information content (AvgIpc) is 2.42. The molecule has 1 rings (SSSR count). The Morgan fingerprint density at radius 3 is 2.50 bits per heavy atom. The van der Waals surface area contributed by atoms with Gasteiger partial charge in [-0.1, -0.05) is 29.3 Å². The first-order valence-electron chi connectivity index (χ1n) is 7.00. The van der Waals surface area contributed by atoms with E-state index in [9.17, 15) is 4.79 Å². The van der Waals surface area contributed by atoms with Gasteiger partial charge in [-0.25, -0.2) is 0 Å². The second-order valence-corrected chi connectivity index (χ2v) is 5.40. The van der Waals surface area contributed by atoms with Crippen LogP contribution in [0.15, 0.2) is 18.2 Å².